The molecule has 5 rings (SSSR count). The topological polar surface area (TPSA) is 135 Å². The van der Waals surface area contributed by atoms with Gasteiger partial charge in [-0.3, -0.25) is 9.59 Å². The van der Waals surface area contributed by atoms with Gasteiger partial charge in [-0.15, -0.1) is 0 Å². The van der Waals surface area contributed by atoms with Gasteiger partial charge in [-0.25, -0.2) is 14.6 Å². The number of cyclic esters (lactones) is 1. The predicted molar refractivity (Wildman–Crippen MR) is 170 cm³/mol. The van der Waals surface area contributed by atoms with Crippen LogP contribution in [0.2, 0.25) is 0 Å². The molecule has 4 heterocycles. The second-order valence-electron chi connectivity index (χ2n) is 12.1. The first-order valence-electron chi connectivity index (χ1n) is 15.1. The van der Waals surface area contributed by atoms with Crippen LogP contribution in [0.4, 0.5) is 4.79 Å². The molecule has 0 fully saturated rings. The summed E-state index contributed by atoms with van der Waals surface area (Å²) in [6, 6.07) is 6.29. The van der Waals surface area contributed by atoms with E-state index in [1.165, 1.54) is 0 Å². The predicted octanol–water partition coefficient (Wildman–Crippen LogP) is 4.85. The van der Waals surface area contributed by atoms with Crippen LogP contribution in [0.5, 0.6) is 5.75 Å². The number of nitrogens with one attached hydrogen (secondary N) is 1. The van der Waals surface area contributed by atoms with E-state index < -0.39 is 35.3 Å². The number of ether oxygens (including phenoxy) is 4. The van der Waals surface area contributed by atoms with Crippen molar-refractivity contribution in [2.75, 3.05) is 19.1 Å². The molecule has 3 aromatic rings. The Hall–Kier alpha value is -3.90. The SMILES string of the molecule is CCc1c2c(nc3ccc(OC(=O)OC(C)(C)C)cc13)-c1cc3c(c(=O)n1C2)COC(=O)[C@@]3(CC)OC(=O)C(CCSC)NC. The van der Waals surface area contributed by atoms with Crippen LogP contribution in [0.25, 0.3) is 22.3 Å². The average molecular weight is 638 g/mol. The first-order valence-corrected chi connectivity index (χ1v) is 16.5. The summed E-state index contributed by atoms with van der Waals surface area (Å²) in [6.45, 7) is 9.08. The molecule has 2 aliphatic heterocycles. The highest BCUT2D eigenvalue weighted by atomic mass is 32.2. The zero-order valence-corrected chi connectivity index (χ0v) is 27.5. The number of thioether (sulfide) groups is 1. The Morgan fingerprint density at radius 1 is 1.18 bits per heavy atom. The molecule has 2 aromatic heterocycles. The Kier molecular flexibility index (Phi) is 9.01. The van der Waals surface area contributed by atoms with Crippen molar-refractivity contribution in [1.29, 1.82) is 0 Å². The lowest BCUT2D eigenvalue weighted by Crippen LogP contribution is -2.50. The fraction of sp³-hybridized carbons (Fsp3) is 0.485. The highest BCUT2D eigenvalue weighted by Gasteiger charge is 2.51. The van der Waals surface area contributed by atoms with Crippen LogP contribution in [0.15, 0.2) is 29.1 Å². The standard InChI is InChI=1S/C33H39N3O8S/c1-8-19-20-14-18(42-31(40)44-32(3,4)5)10-11-24(20)35-27-21(19)16-36-26(27)15-23-22(28(36)37)17-41-30(39)33(23,9-2)43-29(38)25(34-6)12-13-45-7/h10-11,14-15,25,34H,8-9,12-13,16-17H2,1-7H3/t25?,33-/m0/s1. The molecule has 12 heteroatoms. The average Bonchev–Trinajstić information content (AvgIpc) is 3.35. The number of hydrogen-bond donors (Lipinski definition) is 1. The lowest BCUT2D eigenvalue weighted by Gasteiger charge is -2.36. The number of carbonyl (C=O) groups excluding carboxylic acids is 3. The Labute approximate surface area is 266 Å². The van der Waals surface area contributed by atoms with E-state index in [2.05, 4.69) is 5.32 Å². The van der Waals surface area contributed by atoms with Crippen molar-refractivity contribution in [3.8, 4) is 17.1 Å². The highest BCUT2D eigenvalue weighted by molar-refractivity contribution is 7.98. The van der Waals surface area contributed by atoms with Gasteiger partial charge in [-0.1, -0.05) is 13.8 Å². The Morgan fingerprint density at radius 3 is 2.58 bits per heavy atom. The molecule has 0 aliphatic carbocycles. The summed E-state index contributed by atoms with van der Waals surface area (Å²) in [5.74, 6) is -0.244. The van der Waals surface area contributed by atoms with E-state index in [-0.39, 0.29) is 30.7 Å². The van der Waals surface area contributed by atoms with Gasteiger partial charge < -0.3 is 28.8 Å². The van der Waals surface area contributed by atoms with Gasteiger partial charge in [0.25, 0.3) is 5.56 Å². The molecule has 0 radical (unpaired) electrons. The lowest BCUT2D eigenvalue weighted by atomic mass is 9.85. The number of hydrogen-bond acceptors (Lipinski definition) is 11. The van der Waals surface area contributed by atoms with Crippen LogP contribution < -0.4 is 15.6 Å². The van der Waals surface area contributed by atoms with E-state index in [0.29, 0.717) is 41.1 Å². The first-order chi connectivity index (χ1) is 21.4. The summed E-state index contributed by atoms with van der Waals surface area (Å²) in [6.07, 6.45) is 2.37. The zero-order valence-electron chi connectivity index (χ0n) is 26.7. The minimum absolute atomic E-state index is 0.0884. The molecule has 0 saturated heterocycles. The fourth-order valence-corrected chi connectivity index (χ4v) is 6.46. The van der Waals surface area contributed by atoms with Crippen LogP contribution in [-0.4, -0.2) is 58.3 Å². The number of fused-ring (bicyclic) bond motifs is 5. The van der Waals surface area contributed by atoms with Gasteiger partial charge in [0.2, 0.25) is 5.60 Å². The number of pyridine rings is 2. The van der Waals surface area contributed by atoms with Crippen LogP contribution in [0, 0.1) is 0 Å². The maximum absolute atomic E-state index is 14.0. The van der Waals surface area contributed by atoms with E-state index in [9.17, 15) is 19.2 Å². The maximum Gasteiger partial charge on any atom is 0.514 e. The van der Waals surface area contributed by atoms with E-state index >= 15 is 0 Å². The number of carbonyl (C=O) groups is 3. The summed E-state index contributed by atoms with van der Waals surface area (Å²) < 4.78 is 23.9. The largest absolute Gasteiger partial charge is 0.514 e. The van der Waals surface area contributed by atoms with Crippen molar-refractivity contribution in [3.05, 3.63) is 56.9 Å². The Bertz CT molecular complexity index is 1740. The van der Waals surface area contributed by atoms with Gasteiger partial charge in [0.1, 0.15) is 24.0 Å². The molecule has 2 aliphatic rings. The van der Waals surface area contributed by atoms with E-state index in [1.54, 1.807) is 75.3 Å². The molecule has 11 nitrogen and oxygen atoms in total. The van der Waals surface area contributed by atoms with Crippen molar-refractivity contribution in [3.63, 3.8) is 0 Å². The molecule has 0 saturated carbocycles. The lowest BCUT2D eigenvalue weighted by molar-refractivity contribution is -0.190. The summed E-state index contributed by atoms with van der Waals surface area (Å²) in [4.78, 5) is 58.0. The van der Waals surface area contributed by atoms with Gasteiger partial charge in [0, 0.05) is 16.5 Å². The molecule has 0 spiro atoms. The Balaban J connectivity index is 1.60. The van der Waals surface area contributed by atoms with Gasteiger partial charge in [0.05, 0.1) is 29.0 Å². The number of likely N-dealkylation sites (N-methyl/N-ethyl adjacent to an activating group) is 1. The molecular formula is C33H39N3O8S. The summed E-state index contributed by atoms with van der Waals surface area (Å²) in [7, 11) is 1.67. The summed E-state index contributed by atoms with van der Waals surface area (Å²) in [5, 5.41) is 3.77. The quantitative estimate of drug-likeness (QED) is 0.153. The molecular weight excluding hydrogens is 598 g/mol. The fourth-order valence-electron chi connectivity index (χ4n) is 5.99. The molecule has 240 valence electrons. The van der Waals surface area contributed by atoms with Crippen LogP contribution >= 0.6 is 11.8 Å². The van der Waals surface area contributed by atoms with E-state index in [4.69, 9.17) is 23.9 Å². The minimum Gasteiger partial charge on any atom is -0.457 e. The molecule has 1 aromatic carbocycles. The third kappa shape index (κ3) is 5.93. The van der Waals surface area contributed by atoms with Gasteiger partial charge in [-0.2, -0.15) is 11.8 Å². The van der Waals surface area contributed by atoms with E-state index in [1.807, 2.05) is 13.2 Å². The van der Waals surface area contributed by atoms with Crippen molar-refractivity contribution in [2.24, 2.45) is 0 Å². The van der Waals surface area contributed by atoms with Crippen molar-refractivity contribution >= 4 is 40.8 Å². The normalized spacial score (nSPS) is 17.6. The molecule has 0 bridgehead atoms. The van der Waals surface area contributed by atoms with Crippen LogP contribution in [0.3, 0.4) is 0 Å². The number of esters is 2. The third-order valence-corrected chi connectivity index (χ3v) is 8.85. The Morgan fingerprint density at radius 2 is 1.93 bits per heavy atom. The maximum atomic E-state index is 14.0. The number of benzene rings is 1. The number of nitrogens with zero attached hydrogens (tertiary/aromatic N) is 2. The summed E-state index contributed by atoms with van der Waals surface area (Å²) >= 11 is 1.60. The number of aryl methyl sites for hydroxylation is 1. The summed E-state index contributed by atoms with van der Waals surface area (Å²) in [5.41, 5.74) is 1.44. The van der Waals surface area contributed by atoms with E-state index in [0.717, 1.165) is 22.3 Å². The van der Waals surface area contributed by atoms with Crippen LogP contribution in [-0.2, 0) is 49.0 Å². The van der Waals surface area contributed by atoms with Crippen molar-refractivity contribution in [2.45, 2.75) is 84.3 Å². The number of aromatic nitrogens is 2. The van der Waals surface area contributed by atoms with Crippen LogP contribution in [0.1, 0.15) is 69.7 Å². The molecule has 0 amide bonds. The first kappa shape index (κ1) is 32.5. The second-order valence-corrected chi connectivity index (χ2v) is 13.1. The second kappa shape index (κ2) is 12.5. The van der Waals surface area contributed by atoms with Crippen molar-refractivity contribution < 1.29 is 33.3 Å². The molecule has 45 heavy (non-hydrogen) atoms. The highest BCUT2D eigenvalue weighted by Crippen LogP contribution is 2.42. The smallest absolute Gasteiger partial charge is 0.457 e. The van der Waals surface area contributed by atoms with Gasteiger partial charge in [0.15, 0.2) is 0 Å². The molecule has 1 unspecified atom stereocenters. The van der Waals surface area contributed by atoms with Gasteiger partial charge in [-0.05, 0) is 88.9 Å². The third-order valence-electron chi connectivity index (χ3n) is 8.21. The van der Waals surface area contributed by atoms with Crippen molar-refractivity contribution in [1.82, 2.24) is 14.9 Å². The zero-order chi connectivity index (χ0) is 32.7. The monoisotopic (exact) mass is 637 g/mol. The molecule has 2 atom stereocenters. The molecule has 1 N–H and O–H groups in total. The minimum atomic E-state index is -1.77. The van der Waals surface area contributed by atoms with Gasteiger partial charge >= 0.3 is 18.1 Å². The number of rotatable bonds is 9.